The third-order valence-electron chi connectivity index (χ3n) is 8.39. The van der Waals surface area contributed by atoms with Gasteiger partial charge in [0.05, 0.1) is 18.6 Å². The number of quaternary nitrogens is 1. The van der Waals surface area contributed by atoms with Gasteiger partial charge in [-0.1, -0.05) is 67.2 Å². The molecule has 0 unspecified atom stereocenters. The number of aromatic hydroxyl groups is 1. The zero-order valence-corrected chi connectivity index (χ0v) is 26.7. The smallest absolute Gasteiger partial charge is 0.316 e. The van der Waals surface area contributed by atoms with Gasteiger partial charge in [-0.3, -0.25) is 14.4 Å². The number of carbonyl (C=O) groups excluding carboxylic acids is 4. The van der Waals surface area contributed by atoms with Crippen molar-refractivity contribution in [3.63, 3.8) is 0 Å². The fourth-order valence-electron chi connectivity index (χ4n) is 6.16. The Bertz CT molecular complexity index is 1770. The topological polar surface area (TPSA) is 141 Å². The monoisotopic (exact) mass is 637 g/mol. The average Bonchev–Trinajstić information content (AvgIpc) is 3.41. The number of nitrogens with zero attached hydrogens (tertiary/aromatic N) is 3. The molecule has 11 nitrogen and oxygen atoms in total. The van der Waals surface area contributed by atoms with E-state index in [9.17, 15) is 24.3 Å². The number of benzene rings is 3. The van der Waals surface area contributed by atoms with Gasteiger partial charge >= 0.3 is 6.03 Å². The molecule has 5 N–H and O–H groups in total. The van der Waals surface area contributed by atoms with Crippen LogP contribution >= 0.6 is 0 Å². The van der Waals surface area contributed by atoms with Gasteiger partial charge in [0.15, 0.2) is 12.3 Å². The molecule has 3 aromatic carbocycles. The largest absolute Gasteiger partial charge is 0.508 e. The molecule has 0 aliphatic carbocycles. The third-order valence-corrected chi connectivity index (χ3v) is 8.39. The minimum atomic E-state index is -0.933. The molecule has 244 valence electrons. The summed E-state index contributed by atoms with van der Waals surface area (Å²) in [5.74, 6) is -0.528. The van der Waals surface area contributed by atoms with Gasteiger partial charge in [0.2, 0.25) is 5.91 Å². The first-order valence-corrected chi connectivity index (χ1v) is 15.6. The number of hydrogen-bond donors (Lipinski definition) is 4. The maximum absolute atomic E-state index is 14.4. The number of rotatable bonds is 12. The number of urea groups is 1. The maximum atomic E-state index is 14.4. The van der Waals surface area contributed by atoms with Crippen molar-refractivity contribution in [3.05, 3.63) is 114 Å². The molecule has 1 aliphatic heterocycles. The molecule has 0 spiro atoms. The number of fused-ring (bicyclic) bond motifs is 1. The zero-order valence-electron chi connectivity index (χ0n) is 26.7. The standard InChI is InChI=1S/C36H40N6O5/c1-4-17-37-20-33(45)42-31(18-25-13-15-28(44)16-14-25)35(46)41(23-32(42)39-36(47)38-19-26-9-6-5-7-10-26)21-27-11-8-12-29-30(24(2)43)22-40(3)34(27)29/h4-16,22,31-32,37,44H,1,17-21,23H2,2-3H3,(H2,38,39,47)/p+1/t31-,32+/m0/s1. The highest BCUT2D eigenvalue weighted by molar-refractivity contribution is 6.07. The van der Waals surface area contributed by atoms with Crippen molar-refractivity contribution in [2.45, 2.75) is 38.6 Å². The van der Waals surface area contributed by atoms with E-state index in [1.807, 2.05) is 60.1 Å². The average molecular weight is 638 g/mol. The summed E-state index contributed by atoms with van der Waals surface area (Å²) in [7, 11) is 1.87. The summed E-state index contributed by atoms with van der Waals surface area (Å²) in [5.41, 5.74) is 3.94. The Labute approximate surface area is 273 Å². The second-order valence-corrected chi connectivity index (χ2v) is 11.8. The Balaban J connectivity index is 1.49. The van der Waals surface area contributed by atoms with Crippen LogP contribution in [0.5, 0.6) is 5.75 Å². The van der Waals surface area contributed by atoms with Crippen molar-refractivity contribution in [1.29, 1.82) is 0 Å². The number of phenols is 1. The molecule has 1 saturated heterocycles. The number of hydrogen-bond acceptors (Lipinski definition) is 5. The maximum Gasteiger partial charge on any atom is 0.316 e. The highest BCUT2D eigenvalue weighted by atomic mass is 16.3. The molecular formula is C36H41N6O5+. The molecule has 5 rings (SSSR count). The fraction of sp³-hybridized carbons (Fsp3) is 0.278. The highest BCUT2D eigenvalue weighted by Gasteiger charge is 2.44. The van der Waals surface area contributed by atoms with Crippen molar-refractivity contribution < 1.29 is 29.6 Å². The Morgan fingerprint density at radius 1 is 1.02 bits per heavy atom. The van der Waals surface area contributed by atoms with Crippen LogP contribution in [0.2, 0.25) is 0 Å². The van der Waals surface area contributed by atoms with E-state index >= 15 is 0 Å². The van der Waals surface area contributed by atoms with Gasteiger partial charge in [-0.25, -0.2) is 4.79 Å². The molecule has 1 fully saturated rings. The summed E-state index contributed by atoms with van der Waals surface area (Å²) in [4.78, 5) is 57.0. The summed E-state index contributed by atoms with van der Waals surface area (Å²) in [6.45, 7) is 6.37. The molecule has 1 aromatic heterocycles. The van der Waals surface area contributed by atoms with E-state index < -0.39 is 18.2 Å². The van der Waals surface area contributed by atoms with Crippen molar-refractivity contribution in [2.75, 3.05) is 19.6 Å². The fourth-order valence-corrected chi connectivity index (χ4v) is 6.16. The Morgan fingerprint density at radius 3 is 2.47 bits per heavy atom. The van der Waals surface area contributed by atoms with Gasteiger partial charge < -0.3 is 35.4 Å². The van der Waals surface area contributed by atoms with Crippen LogP contribution in [0, 0.1) is 0 Å². The Morgan fingerprint density at radius 2 is 1.77 bits per heavy atom. The number of aryl methyl sites for hydroxylation is 1. The molecular weight excluding hydrogens is 596 g/mol. The quantitative estimate of drug-likeness (QED) is 0.107. The number of nitrogens with one attached hydrogen (secondary N) is 2. The number of ketones is 1. The van der Waals surface area contributed by atoms with Crippen molar-refractivity contribution in [1.82, 2.24) is 25.0 Å². The summed E-state index contributed by atoms with van der Waals surface area (Å²) in [6.07, 6.45) is 2.83. The number of para-hydroxylation sites is 1. The first kappa shape index (κ1) is 33.0. The van der Waals surface area contributed by atoms with Crippen LogP contribution in [-0.4, -0.2) is 74.9 Å². The molecule has 0 radical (unpaired) electrons. The minimum Gasteiger partial charge on any atom is -0.508 e. The lowest BCUT2D eigenvalue weighted by molar-refractivity contribution is -0.635. The van der Waals surface area contributed by atoms with Gasteiger partial charge in [-0.2, -0.15) is 0 Å². The van der Waals surface area contributed by atoms with E-state index in [-0.39, 0.29) is 55.9 Å². The molecule has 4 aromatic rings. The van der Waals surface area contributed by atoms with Gasteiger partial charge in [0.1, 0.15) is 18.0 Å². The highest BCUT2D eigenvalue weighted by Crippen LogP contribution is 2.28. The van der Waals surface area contributed by atoms with E-state index in [0.717, 1.165) is 27.6 Å². The van der Waals surface area contributed by atoms with Crippen LogP contribution in [0.4, 0.5) is 4.79 Å². The Kier molecular flexibility index (Phi) is 10.4. The van der Waals surface area contributed by atoms with Gasteiger partial charge in [0.25, 0.3) is 5.91 Å². The lowest BCUT2D eigenvalue weighted by Crippen LogP contribution is -2.87. The molecule has 11 heteroatoms. The molecule has 1 aliphatic rings. The van der Waals surface area contributed by atoms with E-state index in [4.69, 9.17) is 0 Å². The molecule has 0 saturated carbocycles. The van der Waals surface area contributed by atoms with Crippen molar-refractivity contribution >= 4 is 34.5 Å². The normalized spacial score (nSPS) is 16.3. The van der Waals surface area contributed by atoms with Crippen LogP contribution in [-0.2, 0) is 36.1 Å². The molecule has 2 atom stereocenters. The number of Topliss-reactive ketones (excluding diaryl/α,β-unsaturated/α-hetero) is 1. The predicted molar refractivity (Wildman–Crippen MR) is 178 cm³/mol. The van der Waals surface area contributed by atoms with E-state index in [1.165, 1.54) is 11.8 Å². The van der Waals surface area contributed by atoms with Crippen LogP contribution < -0.4 is 16.0 Å². The lowest BCUT2D eigenvalue weighted by atomic mass is 9.98. The second kappa shape index (κ2) is 14.8. The number of piperazine rings is 1. The number of phenolic OH excluding ortho intramolecular Hbond substituents is 1. The summed E-state index contributed by atoms with van der Waals surface area (Å²) < 4.78 is 1.89. The number of nitrogens with two attached hydrogens (primary N) is 1. The summed E-state index contributed by atoms with van der Waals surface area (Å²) in [6, 6.07) is 20.3. The van der Waals surface area contributed by atoms with Crippen LogP contribution in [0.25, 0.3) is 10.9 Å². The van der Waals surface area contributed by atoms with E-state index in [1.54, 1.807) is 46.8 Å². The predicted octanol–water partition coefficient (Wildman–Crippen LogP) is 2.44. The van der Waals surface area contributed by atoms with Gasteiger partial charge in [-0.05, 0) is 41.8 Å². The third kappa shape index (κ3) is 7.70. The van der Waals surface area contributed by atoms with Crippen LogP contribution in [0.1, 0.15) is 34.0 Å². The molecule has 47 heavy (non-hydrogen) atoms. The minimum absolute atomic E-state index is 0.0519. The van der Waals surface area contributed by atoms with Crippen molar-refractivity contribution in [2.24, 2.45) is 7.05 Å². The first-order valence-electron chi connectivity index (χ1n) is 15.6. The van der Waals surface area contributed by atoms with E-state index in [2.05, 4.69) is 17.2 Å². The first-order chi connectivity index (χ1) is 22.7. The number of carbonyl (C=O) groups is 4. The summed E-state index contributed by atoms with van der Waals surface area (Å²) in [5, 5.41) is 18.3. The van der Waals surface area contributed by atoms with Gasteiger partial charge in [-0.15, -0.1) is 0 Å². The SMILES string of the molecule is C=CC[NH2+]CC(=O)N1[C@@H](NC(=O)NCc2ccccc2)CN(Cc2cccc3c(C(C)=O)cn(C)c23)C(=O)[C@@H]1Cc1ccc(O)cc1. The number of aromatic nitrogens is 1. The lowest BCUT2D eigenvalue weighted by Gasteiger charge is -2.46. The second-order valence-electron chi connectivity index (χ2n) is 11.8. The number of amides is 4. The van der Waals surface area contributed by atoms with Crippen LogP contribution in [0.15, 0.2) is 91.6 Å². The van der Waals surface area contributed by atoms with E-state index in [0.29, 0.717) is 12.1 Å². The van der Waals surface area contributed by atoms with Gasteiger partial charge in [0, 0.05) is 43.7 Å². The van der Waals surface area contributed by atoms with Crippen molar-refractivity contribution in [3.8, 4) is 5.75 Å². The molecule has 0 bridgehead atoms. The molecule has 4 amide bonds. The van der Waals surface area contributed by atoms with Crippen LogP contribution in [0.3, 0.4) is 0 Å². The Hall–Kier alpha value is -5.42. The molecule has 2 heterocycles. The zero-order chi connectivity index (χ0) is 33.5. The summed E-state index contributed by atoms with van der Waals surface area (Å²) >= 11 is 0.